The second-order valence-corrected chi connectivity index (χ2v) is 21.4. The molecule has 0 radical (unpaired) electrons. The van der Waals surface area contributed by atoms with Crippen LogP contribution in [0.1, 0.15) is 106 Å². The maximum absolute atomic E-state index is 13.8. The summed E-state index contributed by atoms with van der Waals surface area (Å²) in [5.41, 5.74) is 3.73. The standard InChI is InChI=1S/C54H79N15O22/c1-23(42(80)56-21-37(55)72)58-43(81)24(2)59-44(82)25(3)60-46(84)27(5)63-50(88)33(13-15-39(74)75)68-53(91)54(17-18-54)69-52(90)34(14-16-40(76)77)67-48(86)29(7)62-45(83)26(4)61-47(85)28(6)64-51(89)36(20-41(78)79)66-38(73)22-57-49(87)35(65-30(8)70)19-31-9-11-32(71)12-10-31/h9-12,23-29,33-36,71H,13-22H2,1-8H3,(H2,55,72)(H,56,80)(H,57,87)(H,58,81)(H,59,82)(H,60,84)(H,61,85)(H,62,83)(H,63,88)(H,64,89)(H,65,70)(H,66,73)(H,67,86)(H,68,91)(H,69,90)(H,74,75)(H,76,77)(H,78,79)/t23-,24-,25-,26-,27-,28-,29-,33-,34-,35-,36-/m0/s1. The number of carboxylic acids is 3. The van der Waals surface area contributed by atoms with Gasteiger partial charge in [0.15, 0.2) is 0 Å². The van der Waals surface area contributed by atoms with Crippen LogP contribution in [0.2, 0.25) is 0 Å². The van der Waals surface area contributed by atoms with E-state index in [0.29, 0.717) is 5.56 Å². The average Bonchev–Trinajstić information content (AvgIpc) is 1.64. The number of aliphatic carboxylic acids is 3. The van der Waals surface area contributed by atoms with E-state index in [0.717, 1.165) is 27.7 Å². The number of hydrogen-bond acceptors (Lipinski definition) is 19. The summed E-state index contributed by atoms with van der Waals surface area (Å²) in [6.45, 7) is 8.29. The zero-order valence-electron chi connectivity index (χ0n) is 50.9. The molecule has 0 aromatic heterocycles. The van der Waals surface area contributed by atoms with Crippen LogP contribution in [-0.2, 0) is 92.7 Å². The van der Waals surface area contributed by atoms with E-state index in [1.165, 1.54) is 52.0 Å². The molecule has 0 heterocycles. The molecule has 502 valence electrons. The summed E-state index contributed by atoms with van der Waals surface area (Å²) < 4.78 is 0. The number of phenols is 1. The van der Waals surface area contributed by atoms with E-state index in [-0.39, 0.29) is 25.0 Å². The molecule has 0 unspecified atom stereocenters. The van der Waals surface area contributed by atoms with Gasteiger partial charge in [0.05, 0.1) is 19.5 Å². The molecule has 37 heteroatoms. The molecule has 0 aliphatic heterocycles. The van der Waals surface area contributed by atoms with Gasteiger partial charge in [-0.05, 0) is 91.8 Å². The van der Waals surface area contributed by atoms with E-state index in [1.54, 1.807) is 0 Å². The Hall–Kier alpha value is -10.5. The summed E-state index contributed by atoms with van der Waals surface area (Å²) in [7, 11) is 0. The summed E-state index contributed by atoms with van der Waals surface area (Å²) >= 11 is 0. The van der Waals surface area contributed by atoms with E-state index < -0.39 is 224 Å². The third kappa shape index (κ3) is 27.6. The smallest absolute Gasteiger partial charge is 0.305 e. The van der Waals surface area contributed by atoms with E-state index in [1.807, 2.05) is 0 Å². The van der Waals surface area contributed by atoms with Crippen molar-refractivity contribution < 1.29 is 107 Å². The van der Waals surface area contributed by atoms with E-state index in [2.05, 4.69) is 74.4 Å². The Morgan fingerprint density at radius 1 is 0.429 bits per heavy atom. The number of carboxylic acid groups (broad SMARTS) is 3. The average molecular weight is 1290 g/mol. The first-order valence-electron chi connectivity index (χ1n) is 28.2. The monoisotopic (exact) mass is 1290 g/mol. The first kappa shape index (κ1) is 76.6. The summed E-state index contributed by atoms with van der Waals surface area (Å²) in [6, 6.07) is -10.3. The fourth-order valence-corrected chi connectivity index (χ4v) is 7.87. The minimum atomic E-state index is -1.81. The lowest BCUT2D eigenvalue weighted by Crippen LogP contribution is -2.60. The minimum absolute atomic E-state index is 0.0528. The van der Waals surface area contributed by atoms with E-state index in [9.17, 15) is 107 Å². The number of nitrogens with one attached hydrogen (secondary N) is 14. The molecule has 1 aromatic rings. The van der Waals surface area contributed by atoms with Gasteiger partial charge in [0.25, 0.3) is 0 Å². The molecule has 1 fully saturated rings. The largest absolute Gasteiger partial charge is 0.508 e. The summed E-state index contributed by atoms with van der Waals surface area (Å²) in [5, 5.41) is 70.0. The lowest BCUT2D eigenvalue weighted by Gasteiger charge is -2.26. The van der Waals surface area contributed by atoms with Crippen molar-refractivity contribution in [1.82, 2.24) is 74.4 Å². The maximum Gasteiger partial charge on any atom is 0.305 e. The van der Waals surface area contributed by atoms with E-state index in [4.69, 9.17) is 5.73 Å². The molecule has 15 amide bonds. The van der Waals surface area contributed by atoms with Crippen LogP contribution in [0.4, 0.5) is 0 Å². The van der Waals surface area contributed by atoms with Crippen molar-refractivity contribution in [2.45, 2.75) is 179 Å². The fourth-order valence-electron chi connectivity index (χ4n) is 7.87. The molecular weight excluding hydrogens is 1210 g/mol. The number of benzene rings is 1. The van der Waals surface area contributed by atoms with Crippen LogP contribution in [0.15, 0.2) is 24.3 Å². The minimum Gasteiger partial charge on any atom is -0.508 e. The summed E-state index contributed by atoms with van der Waals surface area (Å²) in [6.07, 6.45) is -3.73. The lowest BCUT2D eigenvalue weighted by molar-refractivity contribution is -0.141. The van der Waals surface area contributed by atoms with Gasteiger partial charge in [-0.2, -0.15) is 0 Å². The molecule has 37 nitrogen and oxygen atoms in total. The number of carbonyl (C=O) groups excluding carboxylic acids is 15. The Morgan fingerprint density at radius 3 is 1.19 bits per heavy atom. The Kier molecular flexibility index (Phi) is 30.4. The summed E-state index contributed by atoms with van der Waals surface area (Å²) in [4.78, 5) is 228. The quantitative estimate of drug-likeness (QED) is 0.0292. The third-order valence-electron chi connectivity index (χ3n) is 13.3. The van der Waals surface area contributed by atoms with Crippen molar-refractivity contribution in [2.24, 2.45) is 5.73 Å². The Balaban J connectivity index is 2.04. The zero-order valence-corrected chi connectivity index (χ0v) is 50.9. The highest BCUT2D eigenvalue weighted by atomic mass is 16.4. The van der Waals surface area contributed by atoms with Crippen LogP contribution in [-0.4, -0.2) is 212 Å². The van der Waals surface area contributed by atoms with Crippen molar-refractivity contribution in [3.05, 3.63) is 29.8 Å². The van der Waals surface area contributed by atoms with Crippen molar-refractivity contribution in [3.8, 4) is 5.75 Å². The topological polar surface area (TPSA) is 583 Å². The first-order valence-corrected chi connectivity index (χ1v) is 28.2. The SMILES string of the molecule is CC(=O)N[C@@H](Cc1ccc(O)cc1)C(=O)NCC(=O)N[C@@H](CC(=O)O)C(=O)N[C@@H](C)C(=O)N[C@@H](C)C(=O)N[C@@H](C)C(=O)N[C@@H](CCC(=O)O)C(=O)NC1(C(=O)N[C@@H](CCC(=O)O)C(=O)N[C@@H](C)C(=O)N[C@@H](C)C(=O)N[C@@H](C)C(=O)N[C@@H](C)C(=O)NCC(N)=O)CC1. The van der Waals surface area contributed by atoms with Crippen LogP contribution in [0.5, 0.6) is 5.75 Å². The Bertz CT molecular complexity index is 2940. The molecule has 1 aliphatic carbocycles. The number of hydrogen-bond donors (Lipinski definition) is 19. The van der Waals surface area contributed by atoms with Gasteiger partial charge in [-0.25, -0.2) is 0 Å². The van der Waals surface area contributed by atoms with Gasteiger partial charge in [0.2, 0.25) is 88.6 Å². The molecule has 1 aliphatic rings. The van der Waals surface area contributed by atoms with Crippen molar-refractivity contribution in [3.63, 3.8) is 0 Å². The highest BCUT2D eigenvalue weighted by Crippen LogP contribution is 2.36. The lowest BCUT2D eigenvalue weighted by atomic mass is 10.0. The third-order valence-corrected chi connectivity index (χ3v) is 13.3. The van der Waals surface area contributed by atoms with Gasteiger partial charge in [-0.3, -0.25) is 86.3 Å². The number of primary amides is 1. The molecular formula is C54H79N15O22. The van der Waals surface area contributed by atoms with Gasteiger partial charge in [-0.1, -0.05) is 12.1 Å². The number of amides is 15. The van der Waals surface area contributed by atoms with Gasteiger partial charge < -0.3 is 101 Å². The van der Waals surface area contributed by atoms with Crippen LogP contribution in [0.25, 0.3) is 0 Å². The molecule has 1 saturated carbocycles. The van der Waals surface area contributed by atoms with Crippen molar-refractivity contribution >= 4 is 107 Å². The van der Waals surface area contributed by atoms with Gasteiger partial charge >= 0.3 is 17.9 Å². The predicted octanol–water partition coefficient (Wildman–Crippen LogP) is -8.00. The molecule has 0 bridgehead atoms. The molecule has 0 spiro atoms. The maximum atomic E-state index is 13.8. The molecule has 0 saturated heterocycles. The highest BCUT2D eigenvalue weighted by Gasteiger charge is 2.53. The Morgan fingerprint density at radius 2 is 0.802 bits per heavy atom. The van der Waals surface area contributed by atoms with Crippen LogP contribution >= 0.6 is 0 Å². The highest BCUT2D eigenvalue weighted by molar-refractivity contribution is 6.01. The molecule has 91 heavy (non-hydrogen) atoms. The first-order chi connectivity index (χ1) is 42.3. The van der Waals surface area contributed by atoms with Crippen molar-refractivity contribution in [2.75, 3.05) is 13.1 Å². The summed E-state index contributed by atoms with van der Waals surface area (Å²) in [5.74, 6) is -18.6. The predicted molar refractivity (Wildman–Crippen MR) is 310 cm³/mol. The van der Waals surface area contributed by atoms with Gasteiger partial charge in [0.1, 0.15) is 77.7 Å². The molecule has 20 N–H and O–H groups in total. The fraction of sp³-hybridized carbons (Fsp3) is 0.556. The number of carbonyl (C=O) groups is 18. The number of phenolic OH excluding ortho intramolecular Hbond substituents is 1. The zero-order chi connectivity index (χ0) is 69.2. The van der Waals surface area contributed by atoms with Gasteiger partial charge in [0, 0.05) is 26.2 Å². The molecule has 1 aromatic carbocycles. The normalized spacial score (nSPS) is 15.5. The number of nitrogens with two attached hydrogens (primary N) is 1. The molecule has 11 atom stereocenters. The van der Waals surface area contributed by atoms with E-state index >= 15 is 0 Å². The van der Waals surface area contributed by atoms with Gasteiger partial charge in [-0.15, -0.1) is 0 Å². The second kappa shape index (κ2) is 36.1. The Labute approximate surface area is 519 Å². The second-order valence-electron chi connectivity index (χ2n) is 21.4. The molecule has 2 rings (SSSR count). The number of rotatable bonds is 38. The van der Waals surface area contributed by atoms with Crippen LogP contribution in [0, 0.1) is 0 Å². The number of aromatic hydroxyl groups is 1. The van der Waals surface area contributed by atoms with Crippen molar-refractivity contribution in [1.29, 1.82) is 0 Å². The van der Waals surface area contributed by atoms with Crippen LogP contribution in [0.3, 0.4) is 0 Å². The van der Waals surface area contributed by atoms with Crippen LogP contribution < -0.4 is 80.2 Å².